The highest BCUT2D eigenvalue weighted by Crippen LogP contribution is 2.29. The number of methoxy groups -OCH3 is 1. The highest BCUT2D eigenvalue weighted by Gasteiger charge is 2.11. The van der Waals surface area contributed by atoms with Crippen LogP contribution in [0, 0.1) is 19.8 Å². The van der Waals surface area contributed by atoms with Crippen LogP contribution in [-0.2, 0) is 4.79 Å². The molecule has 0 aliphatic carbocycles. The lowest BCUT2D eigenvalue weighted by Gasteiger charge is -2.15. The van der Waals surface area contributed by atoms with Gasteiger partial charge in [0, 0.05) is 6.54 Å². The Hall–Kier alpha value is -1.71. The predicted octanol–water partition coefficient (Wildman–Crippen LogP) is 2.83. The van der Waals surface area contributed by atoms with Gasteiger partial charge in [0.1, 0.15) is 5.75 Å². The molecule has 100 valence electrons. The van der Waals surface area contributed by atoms with Crippen LogP contribution in [0.4, 0.5) is 5.69 Å². The molecule has 0 aromatic heterocycles. The van der Waals surface area contributed by atoms with Crippen LogP contribution in [0.1, 0.15) is 24.5 Å². The lowest BCUT2D eigenvalue weighted by atomic mass is 10.1. The van der Waals surface area contributed by atoms with Crippen molar-refractivity contribution in [1.82, 2.24) is 0 Å². The number of carbonyl (C=O) groups is 1. The fourth-order valence-corrected chi connectivity index (χ4v) is 1.85. The fraction of sp³-hybridized carbons (Fsp3) is 0.500. The molecular formula is C14H21NO3. The second-order valence-electron chi connectivity index (χ2n) is 4.61. The van der Waals surface area contributed by atoms with E-state index in [4.69, 9.17) is 9.84 Å². The number of hydrogen-bond donors (Lipinski definition) is 2. The molecule has 0 fully saturated rings. The van der Waals surface area contributed by atoms with Crippen LogP contribution in [0.15, 0.2) is 12.1 Å². The van der Waals surface area contributed by atoms with E-state index in [0.717, 1.165) is 22.6 Å². The Morgan fingerprint density at radius 3 is 2.67 bits per heavy atom. The number of hydrogen-bond acceptors (Lipinski definition) is 3. The molecule has 0 saturated heterocycles. The molecule has 18 heavy (non-hydrogen) atoms. The van der Waals surface area contributed by atoms with Gasteiger partial charge < -0.3 is 15.2 Å². The molecule has 1 rings (SSSR count). The maximum Gasteiger partial charge on any atom is 0.306 e. The van der Waals surface area contributed by atoms with Crippen molar-refractivity contribution in [3.63, 3.8) is 0 Å². The van der Waals surface area contributed by atoms with Gasteiger partial charge in [-0.3, -0.25) is 4.79 Å². The number of aliphatic carboxylic acids is 1. The van der Waals surface area contributed by atoms with Gasteiger partial charge in [0.05, 0.1) is 18.7 Å². The van der Waals surface area contributed by atoms with Gasteiger partial charge in [-0.05, 0) is 37.5 Å². The van der Waals surface area contributed by atoms with Crippen LogP contribution in [-0.4, -0.2) is 24.7 Å². The lowest BCUT2D eigenvalue weighted by molar-refractivity contribution is -0.141. The van der Waals surface area contributed by atoms with Gasteiger partial charge in [0.2, 0.25) is 0 Å². The lowest BCUT2D eigenvalue weighted by Crippen LogP contribution is -2.15. The minimum Gasteiger partial charge on any atom is -0.495 e. The number of aryl methyl sites for hydroxylation is 2. The van der Waals surface area contributed by atoms with Gasteiger partial charge in [-0.15, -0.1) is 0 Å². The van der Waals surface area contributed by atoms with Gasteiger partial charge in [-0.1, -0.05) is 13.0 Å². The molecule has 0 bridgehead atoms. The van der Waals surface area contributed by atoms with E-state index in [1.54, 1.807) is 14.0 Å². The zero-order valence-electron chi connectivity index (χ0n) is 11.4. The number of benzene rings is 1. The summed E-state index contributed by atoms with van der Waals surface area (Å²) in [4.78, 5) is 10.7. The topological polar surface area (TPSA) is 58.6 Å². The summed E-state index contributed by atoms with van der Waals surface area (Å²) in [6.45, 7) is 6.36. The van der Waals surface area contributed by atoms with Crippen molar-refractivity contribution in [2.75, 3.05) is 19.0 Å². The van der Waals surface area contributed by atoms with E-state index < -0.39 is 5.97 Å². The first-order valence-corrected chi connectivity index (χ1v) is 6.07. The number of carboxylic acid groups (broad SMARTS) is 1. The molecule has 0 spiro atoms. The third-order valence-corrected chi connectivity index (χ3v) is 2.96. The molecular weight excluding hydrogens is 230 g/mol. The van der Waals surface area contributed by atoms with Crippen molar-refractivity contribution in [2.45, 2.75) is 27.2 Å². The Morgan fingerprint density at radius 1 is 1.44 bits per heavy atom. The molecule has 2 N–H and O–H groups in total. The largest absolute Gasteiger partial charge is 0.495 e. The highest BCUT2D eigenvalue weighted by atomic mass is 16.5. The van der Waals surface area contributed by atoms with E-state index in [1.807, 2.05) is 19.9 Å². The van der Waals surface area contributed by atoms with Crippen molar-refractivity contribution in [2.24, 2.45) is 5.92 Å². The summed E-state index contributed by atoms with van der Waals surface area (Å²) in [7, 11) is 1.64. The maximum absolute atomic E-state index is 10.7. The minimum absolute atomic E-state index is 0.339. The van der Waals surface area contributed by atoms with Gasteiger partial charge in [0.15, 0.2) is 0 Å². The van der Waals surface area contributed by atoms with Crippen molar-refractivity contribution in [1.29, 1.82) is 0 Å². The quantitative estimate of drug-likeness (QED) is 0.816. The zero-order valence-corrected chi connectivity index (χ0v) is 11.4. The Kier molecular flexibility index (Phi) is 5.01. The summed E-state index contributed by atoms with van der Waals surface area (Å²) in [5, 5.41) is 12.1. The molecule has 1 aromatic carbocycles. The number of ether oxygens (including phenoxy) is 1. The molecule has 0 aliphatic rings. The Balaban J connectivity index is 2.70. The Bertz CT molecular complexity index is 429. The number of carboxylic acids is 1. The van der Waals surface area contributed by atoms with Crippen LogP contribution in [0.3, 0.4) is 0 Å². The van der Waals surface area contributed by atoms with Crippen LogP contribution in [0.5, 0.6) is 5.75 Å². The first-order chi connectivity index (χ1) is 8.45. The van der Waals surface area contributed by atoms with Crippen molar-refractivity contribution < 1.29 is 14.6 Å². The SMILES string of the molecule is COc1cc(C)cc(C)c1NCCC(C)C(=O)O. The number of nitrogens with one attached hydrogen (secondary N) is 1. The van der Waals surface area contributed by atoms with Crippen molar-refractivity contribution in [3.8, 4) is 5.75 Å². The monoisotopic (exact) mass is 251 g/mol. The zero-order chi connectivity index (χ0) is 13.7. The van der Waals surface area contributed by atoms with Crippen LogP contribution < -0.4 is 10.1 Å². The van der Waals surface area contributed by atoms with E-state index in [0.29, 0.717) is 13.0 Å². The second-order valence-corrected chi connectivity index (χ2v) is 4.61. The molecule has 1 unspecified atom stereocenters. The normalized spacial score (nSPS) is 12.0. The van der Waals surface area contributed by atoms with E-state index in [9.17, 15) is 4.79 Å². The fourth-order valence-electron chi connectivity index (χ4n) is 1.85. The third-order valence-electron chi connectivity index (χ3n) is 2.96. The number of rotatable bonds is 6. The smallest absolute Gasteiger partial charge is 0.306 e. The molecule has 0 saturated carbocycles. The maximum atomic E-state index is 10.7. The molecule has 1 aromatic rings. The summed E-state index contributed by atoms with van der Waals surface area (Å²) in [5.41, 5.74) is 3.20. The van der Waals surface area contributed by atoms with Gasteiger partial charge >= 0.3 is 5.97 Å². The van der Waals surface area contributed by atoms with Crippen molar-refractivity contribution >= 4 is 11.7 Å². The van der Waals surface area contributed by atoms with Crippen molar-refractivity contribution in [3.05, 3.63) is 23.3 Å². The third kappa shape index (κ3) is 3.65. The average Bonchev–Trinajstić information content (AvgIpc) is 2.30. The molecule has 0 amide bonds. The number of anilines is 1. The standard InChI is InChI=1S/C14H21NO3/c1-9-7-11(3)13(12(8-9)18-4)15-6-5-10(2)14(16)17/h7-8,10,15H,5-6H2,1-4H3,(H,16,17). The van der Waals surface area contributed by atoms with E-state index in [-0.39, 0.29) is 5.92 Å². The summed E-state index contributed by atoms with van der Waals surface area (Å²) < 4.78 is 5.33. The Labute approximate surface area is 108 Å². The summed E-state index contributed by atoms with van der Waals surface area (Å²) in [6, 6.07) is 4.04. The van der Waals surface area contributed by atoms with Gasteiger partial charge in [0.25, 0.3) is 0 Å². The minimum atomic E-state index is -0.760. The Morgan fingerprint density at radius 2 is 2.11 bits per heavy atom. The molecule has 4 heteroatoms. The first kappa shape index (κ1) is 14.4. The summed E-state index contributed by atoms with van der Waals surface area (Å²) in [5.74, 6) is -0.297. The molecule has 4 nitrogen and oxygen atoms in total. The van der Waals surface area contributed by atoms with Crippen LogP contribution in [0.25, 0.3) is 0 Å². The van der Waals surface area contributed by atoms with Gasteiger partial charge in [-0.25, -0.2) is 0 Å². The van der Waals surface area contributed by atoms with Crippen LogP contribution in [0.2, 0.25) is 0 Å². The van der Waals surface area contributed by atoms with E-state index >= 15 is 0 Å². The summed E-state index contributed by atoms with van der Waals surface area (Å²) in [6.07, 6.45) is 0.589. The molecule has 1 atom stereocenters. The van der Waals surface area contributed by atoms with E-state index in [1.165, 1.54) is 0 Å². The van der Waals surface area contributed by atoms with E-state index in [2.05, 4.69) is 11.4 Å². The molecule has 0 heterocycles. The first-order valence-electron chi connectivity index (χ1n) is 6.07. The van der Waals surface area contributed by atoms with Crippen LogP contribution >= 0.6 is 0 Å². The summed E-state index contributed by atoms with van der Waals surface area (Å²) >= 11 is 0. The average molecular weight is 251 g/mol. The highest BCUT2D eigenvalue weighted by molar-refractivity contribution is 5.69. The molecule has 0 radical (unpaired) electrons. The molecule has 0 aliphatic heterocycles. The predicted molar refractivity (Wildman–Crippen MR) is 72.4 cm³/mol. The van der Waals surface area contributed by atoms with Gasteiger partial charge in [-0.2, -0.15) is 0 Å². The second kappa shape index (κ2) is 6.28.